The van der Waals surface area contributed by atoms with Crippen molar-refractivity contribution in [1.29, 1.82) is 0 Å². The van der Waals surface area contributed by atoms with Gasteiger partial charge in [-0.3, -0.25) is 4.57 Å². The summed E-state index contributed by atoms with van der Waals surface area (Å²) in [6.07, 6.45) is -10.7. The molecule has 0 atom stereocenters. The lowest BCUT2D eigenvalue weighted by molar-refractivity contribution is 0.400. The molecule has 0 saturated carbocycles. The number of halogens is 18. The van der Waals surface area contributed by atoms with E-state index in [0.717, 1.165) is 40.0 Å². The van der Waals surface area contributed by atoms with Crippen LogP contribution in [-0.2, 0) is 0 Å². The number of thiophene rings is 1. The summed E-state index contributed by atoms with van der Waals surface area (Å²) in [6, 6.07) is 40.1. The standard InChI is InChI=1S/2C12H7F3.C10H5F3O.C9H4F3NO.C6H3F3S.C5H3F3N2/c13-11(12(14)15)10-7-3-5-8-4-1-2-6-9(8)10;13-11(12(14)15)10-6-5-8-3-1-2-4-9(8)7-10;11-9(10(12)13)8-5-6-3-1-2-4-7(6)14-8;10-7(8(11)12)9-13-5-3-1-2-4-6(5)14-9;7-5(6(8)9)4-2-1-3-10-4;6-4(7)5(8)10-2-1-9-3-10/h2*1-7H;1-5H;1-4H;2*1-3H. The highest BCUT2D eigenvalue weighted by Crippen LogP contribution is 2.31. The summed E-state index contributed by atoms with van der Waals surface area (Å²) in [7, 11) is 0. The fourth-order valence-electron chi connectivity index (χ4n) is 6.15. The number of imidazole rings is 1. The summed E-state index contributed by atoms with van der Waals surface area (Å²) >= 11 is 0.946. The Morgan fingerprint density at radius 1 is 0.423 bits per heavy atom. The van der Waals surface area contributed by atoms with E-state index in [4.69, 9.17) is 8.83 Å². The van der Waals surface area contributed by atoms with Crippen LogP contribution < -0.4 is 0 Å². The predicted octanol–water partition coefficient (Wildman–Crippen LogP) is 21.2. The molecule has 4 aromatic heterocycles. The minimum absolute atomic E-state index is 0.0278. The number of oxazole rings is 1. The van der Waals surface area contributed by atoms with Gasteiger partial charge in [0.25, 0.3) is 11.8 Å². The highest BCUT2D eigenvalue weighted by Gasteiger charge is 2.17. The molecule has 0 N–H and O–H groups in total. The molecule has 5 nitrogen and oxygen atoms in total. The Morgan fingerprint density at radius 3 is 1.55 bits per heavy atom. The summed E-state index contributed by atoms with van der Waals surface area (Å²) < 4.78 is 228. The van der Waals surface area contributed by atoms with E-state index in [9.17, 15) is 79.0 Å². The van der Waals surface area contributed by atoms with Crippen LogP contribution >= 0.6 is 11.3 Å². The molecule has 404 valence electrons. The highest BCUT2D eigenvalue weighted by molar-refractivity contribution is 7.11. The van der Waals surface area contributed by atoms with Crippen LogP contribution in [0.2, 0.25) is 0 Å². The molecule has 0 fully saturated rings. The molecule has 0 aliphatic carbocycles. The van der Waals surface area contributed by atoms with Crippen LogP contribution in [0.15, 0.2) is 221 Å². The number of para-hydroxylation sites is 3. The molecule has 4 heterocycles. The summed E-state index contributed by atoms with van der Waals surface area (Å²) in [4.78, 5) is 6.91. The van der Waals surface area contributed by atoms with Crippen LogP contribution in [0.5, 0.6) is 0 Å². The zero-order valence-electron chi connectivity index (χ0n) is 38.6. The Morgan fingerprint density at radius 2 is 0.987 bits per heavy atom. The lowest BCUT2D eigenvalue weighted by atomic mass is 10.0. The molecule has 10 rings (SSSR count). The molecule has 78 heavy (non-hydrogen) atoms. The number of hydrogen-bond donors (Lipinski definition) is 0. The molecule has 0 saturated heterocycles. The van der Waals surface area contributed by atoms with Gasteiger partial charge in [0.2, 0.25) is 17.5 Å². The number of benzene rings is 6. The van der Waals surface area contributed by atoms with Crippen LogP contribution in [0.1, 0.15) is 27.7 Å². The summed E-state index contributed by atoms with van der Waals surface area (Å²) in [6.45, 7) is 0. The molecule has 0 spiro atoms. The van der Waals surface area contributed by atoms with Crippen molar-refractivity contribution >= 4 is 90.0 Å². The maximum Gasteiger partial charge on any atom is 0.323 e. The van der Waals surface area contributed by atoms with Crippen molar-refractivity contribution in [3.8, 4) is 0 Å². The van der Waals surface area contributed by atoms with Gasteiger partial charge in [-0.1, -0.05) is 115 Å². The van der Waals surface area contributed by atoms with Crippen molar-refractivity contribution in [2.45, 2.75) is 0 Å². The van der Waals surface area contributed by atoms with Gasteiger partial charge in [-0.05, 0) is 63.3 Å². The number of aromatic nitrogens is 3. The first-order chi connectivity index (χ1) is 37.2. The van der Waals surface area contributed by atoms with Crippen molar-refractivity contribution < 1.29 is 87.9 Å². The first-order valence-corrected chi connectivity index (χ1v) is 22.1. The van der Waals surface area contributed by atoms with E-state index in [1.54, 1.807) is 97.1 Å². The summed E-state index contributed by atoms with van der Waals surface area (Å²) in [5, 5.41) is 5.01. The van der Waals surface area contributed by atoms with Gasteiger partial charge >= 0.3 is 36.5 Å². The maximum absolute atomic E-state index is 13.1. The fourth-order valence-corrected chi connectivity index (χ4v) is 6.79. The monoisotopic (exact) mass is 1130 g/mol. The van der Waals surface area contributed by atoms with E-state index >= 15 is 0 Å². The molecule has 0 radical (unpaired) electrons. The lowest BCUT2D eigenvalue weighted by Gasteiger charge is -2.02. The normalized spacial score (nSPS) is 10.2. The summed E-state index contributed by atoms with van der Waals surface area (Å²) in [5.74, 6) is -10.4. The van der Waals surface area contributed by atoms with Crippen LogP contribution in [0.3, 0.4) is 0 Å². The van der Waals surface area contributed by atoms with E-state index < -0.39 is 83.2 Å². The fraction of sp³-hybridized carbons (Fsp3) is 0. The van der Waals surface area contributed by atoms with Gasteiger partial charge in [0.15, 0.2) is 23.0 Å². The number of furan rings is 1. The molecule has 10 aromatic rings. The Labute approximate surface area is 431 Å². The quantitative estimate of drug-likeness (QED) is 0.156. The second kappa shape index (κ2) is 28.7. The number of rotatable bonds is 6. The third-order valence-electron chi connectivity index (χ3n) is 9.61. The first kappa shape index (κ1) is 59.8. The molecular weight excluding hydrogens is 1100 g/mol. The average molecular weight is 1130 g/mol. The average Bonchev–Trinajstić information content (AvgIpc) is 4.33. The molecule has 0 bridgehead atoms. The largest absolute Gasteiger partial charge is 0.453 e. The minimum Gasteiger partial charge on any atom is -0.453 e. The molecule has 0 unspecified atom stereocenters. The number of fused-ring (bicyclic) bond motifs is 4. The van der Waals surface area contributed by atoms with Gasteiger partial charge in [0.1, 0.15) is 17.4 Å². The van der Waals surface area contributed by atoms with Gasteiger partial charge in [-0.15, -0.1) is 11.3 Å². The van der Waals surface area contributed by atoms with Gasteiger partial charge in [0, 0.05) is 28.9 Å². The van der Waals surface area contributed by atoms with Crippen molar-refractivity contribution in [3.63, 3.8) is 0 Å². The number of hydrogen-bond acceptors (Lipinski definition) is 5. The smallest absolute Gasteiger partial charge is 0.323 e. The van der Waals surface area contributed by atoms with Gasteiger partial charge in [-0.2, -0.15) is 70.2 Å². The zero-order chi connectivity index (χ0) is 57.1. The van der Waals surface area contributed by atoms with Crippen LogP contribution in [0.4, 0.5) is 79.0 Å². The molecule has 0 aliphatic heterocycles. The SMILES string of the molecule is FC(F)=C(F)c1cc2ccccc2o1.FC(F)=C(F)c1ccc2ccccc2c1.FC(F)=C(F)c1cccc2ccccc12.FC(F)=C(F)c1cccs1.FC(F)=C(F)c1nc2ccccc2o1.FC(F)=C(F)n1ccnc1. The second-order valence-electron chi connectivity index (χ2n) is 14.6. The third-order valence-corrected chi connectivity index (χ3v) is 10.5. The van der Waals surface area contributed by atoms with Crippen LogP contribution in [0, 0.1) is 0 Å². The minimum atomic E-state index is -2.43. The predicted molar refractivity (Wildman–Crippen MR) is 262 cm³/mol. The summed E-state index contributed by atoms with van der Waals surface area (Å²) in [5.41, 5.74) is 0.860. The lowest BCUT2D eigenvalue weighted by Crippen LogP contribution is -1.87. The third kappa shape index (κ3) is 16.7. The highest BCUT2D eigenvalue weighted by atomic mass is 32.1. The molecule has 6 aromatic carbocycles. The zero-order valence-corrected chi connectivity index (χ0v) is 39.4. The Kier molecular flexibility index (Phi) is 22.0. The van der Waals surface area contributed by atoms with Crippen molar-refractivity contribution in [1.82, 2.24) is 14.5 Å². The van der Waals surface area contributed by atoms with Crippen molar-refractivity contribution in [3.05, 3.63) is 240 Å². The van der Waals surface area contributed by atoms with Gasteiger partial charge < -0.3 is 8.83 Å². The van der Waals surface area contributed by atoms with Crippen LogP contribution in [0.25, 0.3) is 78.7 Å². The molecule has 0 amide bonds. The second-order valence-corrected chi connectivity index (χ2v) is 15.5. The Hall–Kier alpha value is -9.06. The Balaban J connectivity index is 0.000000174. The molecule has 24 heteroatoms. The van der Waals surface area contributed by atoms with Crippen molar-refractivity contribution in [2.75, 3.05) is 0 Å². The number of nitrogens with zero attached hydrogens (tertiary/aromatic N) is 3. The van der Waals surface area contributed by atoms with E-state index in [1.807, 2.05) is 12.1 Å². The molecular formula is C54H29F18N3O2S. The maximum atomic E-state index is 13.1. The van der Waals surface area contributed by atoms with E-state index in [2.05, 4.69) is 9.97 Å². The molecule has 0 aliphatic rings. The van der Waals surface area contributed by atoms with Gasteiger partial charge in [-0.25, -0.2) is 18.7 Å². The van der Waals surface area contributed by atoms with Crippen molar-refractivity contribution in [2.24, 2.45) is 0 Å². The topological polar surface area (TPSA) is 57.0 Å². The van der Waals surface area contributed by atoms with E-state index in [-0.39, 0.29) is 21.6 Å². The van der Waals surface area contributed by atoms with E-state index in [0.29, 0.717) is 26.4 Å². The first-order valence-electron chi connectivity index (χ1n) is 21.3. The Bertz CT molecular complexity index is 3560. The van der Waals surface area contributed by atoms with Gasteiger partial charge in [0.05, 0.1) is 4.88 Å². The van der Waals surface area contributed by atoms with E-state index in [1.165, 1.54) is 54.0 Å². The van der Waals surface area contributed by atoms with Crippen LogP contribution in [-0.4, -0.2) is 14.5 Å².